The van der Waals surface area contributed by atoms with Gasteiger partial charge in [0.1, 0.15) is 11.5 Å². The fourth-order valence-corrected chi connectivity index (χ4v) is 2.76. The molecule has 0 aromatic rings. The van der Waals surface area contributed by atoms with Crippen LogP contribution in [-0.2, 0) is 0 Å². The van der Waals surface area contributed by atoms with Gasteiger partial charge in [-0.3, -0.25) is 9.98 Å². The lowest BCUT2D eigenvalue weighted by Crippen LogP contribution is -2.25. The van der Waals surface area contributed by atoms with E-state index in [1.807, 2.05) is 20.9 Å². The van der Waals surface area contributed by atoms with E-state index in [-0.39, 0.29) is 11.8 Å². The highest BCUT2D eigenvalue weighted by atomic mass is 32.1. The lowest BCUT2D eigenvalue weighted by molar-refractivity contribution is 0.568. The highest BCUT2D eigenvalue weighted by molar-refractivity contribution is 7.80. The Kier molecular flexibility index (Phi) is 14.7. The summed E-state index contributed by atoms with van der Waals surface area (Å²) in [5.41, 5.74) is 2.22. The van der Waals surface area contributed by atoms with Crippen LogP contribution in [0, 0.1) is 5.92 Å². The van der Waals surface area contributed by atoms with Crippen molar-refractivity contribution in [3.63, 3.8) is 0 Å². The second-order valence-electron chi connectivity index (χ2n) is 6.29. The summed E-state index contributed by atoms with van der Waals surface area (Å²) in [6, 6.07) is -0.228. The summed E-state index contributed by atoms with van der Waals surface area (Å²) in [6.07, 6.45) is 13.2. The molecule has 2 unspecified atom stereocenters. The van der Waals surface area contributed by atoms with E-state index in [9.17, 15) is 4.39 Å². The van der Waals surface area contributed by atoms with Gasteiger partial charge in [0.2, 0.25) is 0 Å². The van der Waals surface area contributed by atoms with Crippen molar-refractivity contribution in [2.45, 2.75) is 39.2 Å². The molecular formula is C22H35FN4S. The van der Waals surface area contributed by atoms with E-state index in [0.717, 1.165) is 30.7 Å². The van der Waals surface area contributed by atoms with Crippen LogP contribution in [0.1, 0.15) is 33.1 Å². The first-order chi connectivity index (χ1) is 13.4. The van der Waals surface area contributed by atoms with Crippen molar-refractivity contribution in [1.29, 1.82) is 0 Å². The molecule has 0 aromatic carbocycles. The van der Waals surface area contributed by atoms with Gasteiger partial charge in [-0.15, -0.1) is 0 Å². The fraction of sp³-hybridized carbons (Fsp3) is 0.455. The zero-order valence-corrected chi connectivity index (χ0v) is 18.5. The number of thiol groups is 1. The average molecular weight is 407 g/mol. The van der Waals surface area contributed by atoms with Crippen LogP contribution in [0.2, 0.25) is 0 Å². The van der Waals surface area contributed by atoms with Crippen molar-refractivity contribution in [3.05, 3.63) is 60.9 Å². The molecule has 6 heteroatoms. The number of hydrogen-bond acceptors (Lipinski definition) is 5. The highest BCUT2D eigenvalue weighted by Gasteiger charge is 2.12. The minimum atomic E-state index is -0.433. The molecule has 28 heavy (non-hydrogen) atoms. The van der Waals surface area contributed by atoms with E-state index in [1.54, 1.807) is 0 Å². The van der Waals surface area contributed by atoms with Crippen LogP contribution in [0.25, 0.3) is 0 Å². The summed E-state index contributed by atoms with van der Waals surface area (Å²) in [7, 11) is 3.45. The van der Waals surface area contributed by atoms with E-state index in [2.05, 4.69) is 64.6 Å². The highest BCUT2D eigenvalue weighted by Crippen LogP contribution is 2.19. The van der Waals surface area contributed by atoms with Gasteiger partial charge in [0, 0.05) is 37.7 Å². The van der Waals surface area contributed by atoms with Gasteiger partial charge in [0.15, 0.2) is 0 Å². The SMILES string of the molecule is C=CN=CC(=NC)/C(F)=C\C(C)NC(=C)CC(/C=C/CCS)C/C(=C/C)NC. The largest absolute Gasteiger partial charge is 0.392 e. The standard InChI is InChI=1S/C22H35FN4S/c1-7-20(24-5)15-19(11-9-10-12-28)13-17(3)27-18(4)14-21(23)22(25-6)16-26-8-2/h7-9,11,14,16,18-19,24,27-28H,2-3,10,12-13,15H2,1,4-6H3/b11-9+,20-7-,21-14+,25-22?,26-16?. The van der Waals surface area contributed by atoms with Gasteiger partial charge >= 0.3 is 0 Å². The summed E-state index contributed by atoms with van der Waals surface area (Å²) in [5, 5.41) is 6.48. The summed E-state index contributed by atoms with van der Waals surface area (Å²) in [5.74, 6) is 0.687. The number of nitrogens with one attached hydrogen (secondary N) is 2. The Morgan fingerprint density at radius 1 is 1.32 bits per heavy atom. The first-order valence-corrected chi connectivity index (χ1v) is 10.1. The van der Waals surface area contributed by atoms with Crippen LogP contribution >= 0.6 is 12.6 Å². The van der Waals surface area contributed by atoms with E-state index in [0.29, 0.717) is 5.92 Å². The number of halogens is 1. The lowest BCUT2D eigenvalue weighted by atomic mass is 9.96. The zero-order chi connectivity index (χ0) is 21.4. The topological polar surface area (TPSA) is 48.8 Å². The van der Waals surface area contributed by atoms with Gasteiger partial charge in [-0.1, -0.05) is 31.4 Å². The Bertz CT molecular complexity index is 632. The van der Waals surface area contributed by atoms with Crippen molar-refractivity contribution in [1.82, 2.24) is 10.6 Å². The Morgan fingerprint density at radius 3 is 2.57 bits per heavy atom. The molecule has 0 radical (unpaired) electrons. The molecule has 0 fully saturated rings. The normalized spacial score (nSPS) is 15.7. The molecule has 0 bridgehead atoms. The van der Waals surface area contributed by atoms with Gasteiger partial charge in [0.25, 0.3) is 0 Å². The molecule has 0 saturated heterocycles. The average Bonchev–Trinajstić information content (AvgIpc) is 2.66. The second-order valence-corrected chi connectivity index (χ2v) is 6.74. The third kappa shape index (κ3) is 11.6. The molecule has 0 aliphatic rings. The van der Waals surface area contributed by atoms with Gasteiger partial charge in [-0.2, -0.15) is 12.6 Å². The Morgan fingerprint density at radius 2 is 2.04 bits per heavy atom. The van der Waals surface area contributed by atoms with Crippen molar-refractivity contribution >= 4 is 24.6 Å². The third-order valence-corrected chi connectivity index (χ3v) is 4.24. The predicted molar refractivity (Wildman–Crippen MR) is 126 cm³/mol. The molecule has 0 aliphatic heterocycles. The van der Waals surface area contributed by atoms with Crippen LogP contribution in [0.3, 0.4) is 0 Å². The van der Waals surface area contributed by atoms with Crippen LogP contribution in [0.5, 0.6) is 0 Å². The monoisotopic (exact) mass is 406 g/mol. The quantitative estimate of drug-likeness (QED) is 0.216. The molecular weight excluding hydrogens is 371 g/mol. The molecule has 4 nitrogen and oxygen atoms in total. The third-order valence-electron chi connectivity index (χ3n) is 3.98. The molecule has 0 rings (SSSR count). The van der Waals surface area contributed by atoms with Crippen molar-refractivity contribution in [3.8, 4) is 0 Å². The number of hydrogen-bond donors (Lipinski definition) is 3. The zero-order valence-electron chi connectivity index (χ0n) is 17.6. The van der Waals surface area contributed by atoms with Crippen LogP contribution in [-0.4, -0.2) is 37.8 Å². The molecule has 2 N–H and O–H groups in total. The summed E-state index contributed by atoms with van der Waals surface area (Å²) < 4.78 is 14.3. The number of aliphatic imine (C=N–C) groups is 2. The minimum absolute atomic E-state index is 0.179. The molecule has 0 amide bonds. The Balaban J connectivity index is 5.00. The maximum absolute atomic E-state index is 14.3. The van der Waals surface area contributed by atoms with Crippen LogP contribution < -0.4 is 10.6 Å². The summed E-state index contributed by atoms with van der Waals surface area (Å²) in [6.45, 7) is 11.5. The van der Waals surface area contributed by atoms with E-state index in [1.165, 1.54) is 31.2 Å². The van der Waals surface area contributed by atoms with Crippen LogP contribution in [0.4, 0.5) is 4.39 Å². The van der Waals surface area contributed by atoms with Crippen LogP contribution in [0.15, 0.2) is 70.9 Å². The number of nitrogens with zero attached hydrogens (tertiary/aromatic N) is 2. The summed E-state index contributed by atoms with van der Waals surface area (Å²) in [4.78, 5) is 7.71. The van der Waals surface area contributed by atoms with E-state index < -0.39 is 5.83 Å². The molecule has 0 saturated carbocycles. The maximum Gasteiger partial charge on any atom is 0.147 e. The van der Waals surface area contributed by atoms with Gasteiger partial charge in [-0.05, 0) is 50.9 Å². The lowest BCUT2D eigenvalue weighted by Gasteiger charge is -2.20. The number of rotatable bonds is 14. The maximum atomic E-state index is 14.3. The molecule has 156 valence electrons. The van der Waals surface area contributed by atoms with E-state index >= 15 is 0 Å². The predicted octanol–water partition coefficient (Wildman–Crippen LogP) is 5.01. The van der Waals surface area contributed by atoms with Crippen molar-refractivity contribution < 1.29 is 4.39 Å². The Hall–Kier alpha value is -2.08. The molecule has 0 aliphatic carbocycles. The van der Waals surface area contributed by atoms with Gasteiger partial charge in [0.05, 0.1) is 6.21 Å². The van der Waals surface area contributed by atoms with Gasteiger partial charge < -0.3 is 10.6 Å². The summed E-state index contributed by atoms with van der Waals surface area (Å²) >= 11 is 4.25. The minimum Gasteiger partial charge on any atom is -0.392 e. The molecule has 0 heterocycles. The van der Waals surface area contributed by atoms with Gasteiger partial charge in [-0.25, -0.2) is 4.39 Å². The van der Waals surface area contributed by atoms with E-state index in [4.69, 9.17) is 0 Å². The number of allylic oxidation sites excluding steroid dienone is 6. The second kappa shape index (κ2) is 15.9. The Labute approximate surface area is 175 Å². The molecule has 0 aromatic heterocycles. The smallest absolute Gasteiger partial charge is 0.147 e. The van der Waals surface area contributed by atoms with Crippen molar-refractivity contribution in [2.24, 2.45) is 15.9 Å². The molecule has 2 atom stereocenters. The fourth-order valence-electron chi connectivity index (χ4n) is 2.61. The van der Waals surface area contributed by atoms with Crippen molar-refractivity contribution in [2.75, 3.05) is 19.8 Å². The first-order valence-electron chi connectivity index (χ1n) is 9.45. The first kappa shape index (κ1) is 25.9. The molecule has 0 spiro atoms.